The summed E-state index contributed by atoms with van der Waals surface area (Å²) in [5.41, 5.74) is 3.31. The van der Waals surface area contributed by atoms with Crippen LogP contribution in [0.5, 0.6) is 0 Å². The fourth-order valence-electron chi connectivity index (χ4n) is 5.05. The Morgan fingerprint density at radius 2 is 2.00 bits per heavy atom. The average Bonchev–Trinajstić information content (AvgIpc) is 3.48. The standard InChI is InChI=1S/C25H25ClN8O/c1-15(18-10-28-24(29-11-18)33-13-25(14-33)4-5-25)34-12-22(31-32-34)23(35)30-20-6-17(7-20)21-8-19(26)3-2-16(21)9-27/h2-3,8,10-12,15,17,20H,4-7,13-14H2,1H3,(H,30,35)/t15-,17-,20+/m1/s1. The zero-order chi connectivity index (χ0) is 24.2. The number of nitriles is 1. The third-order valence-corrected chi connectivity index (χ3v) is 7.86. The molecule has 1 aromatic carbocycles. The summed E-state index contributed by atoms with van der Waals surface area (Å²) in [4.78, 5) is 24.0. The van der Waals surface area contributed by atoms with Gasteiger partial charge in [-0.2, -0.15) is 5.26 Å². The van der Waals surface area contributed by atoms with Crippen molar-refractivity contribution in [3.8, 4) is 6.07 Å². The number of nitrogens with zero attached hydrogens (tertiary/aromatic N) is 7. The van der Waals surface area contributed by atoms with Gasteiger partial charge in [-0.15, -0.1) is 5.10 Å². The highest BCUT2D eigenvalue weighted by Crippen LogP contribution is 2.53. The van der Waals surface area contributed by atoms with E-state index in [1.165, 1.54) is 12.8 Å². The van der Waals surface area contributed by atoms with E-state index in [0.717, 1.165) is 43.0 Å². The molecule has 2 aromatic heterocycles. The number of hydrogen-bond donors (Lipinski definition) is 1. The predicted octanol–water partition coefficient (Wildman–Crippen LogP) is 3.48. The van der Waals surface area contributed by atoms with E-state index in [4.69, 9.17) is 11.6 Å². The normalized spacial score (nSPS) is 22.6. The number of amides is 1. The quantitative estimate of drug-likeness (QED) is 0.565. The molecule has 1 amide bonds. The first-order valence-corrected chi connectivity index (χ1v) is 12.3. The lowest BCUT2D eigenvalue weighted by Gasteiger charge is -2.39. The van der Waals surface area contributed by atoms with Crippen LogP contribution < -0.4 is 10.2 Å². The van der Waals surface area contributed by atoms with E-state index in [1.54, 1.807) is 23.0 Å². The van der Waals surface area contributed by atoms with Crippen LogP contribution in [0.25, 0.3) is 0 Å². The summed E-state index contributed by atoms with van der Waals surface area (Å²) in [5, 5.41) is 21.2. The molecular weight excluding hydrogens is 464 g/mol. The van der Waals surface area contributed by atoms with Crippen LogP contribution in [0.1, 0.15) is 71.7 Å². The predicted molar refractivity (Wildman–Crippen MR) is 129 cm³/mol. The van der Waals surface area contributed by atoms with Crippen LogP contribution in [-0.4, -0.2) is 50.0 Å². The van der Waals surface area contributed by atoms with E-state index < -0.39 is 0 Å². The molecule has 1 spiro atoms. The Kier molecular flexibility index (Phi) is 5.22. The van der Waals surface area contributed by atoms with Crippen molar-refractivity contribution in [2.24, 2.45) is 5.41 Å². The number of aromatic nitrogens is 5. The zero-order valence-electron chi connectivity index (χ0n) is 19.4. The fourth-order valence-corrected chi connectivity index (χ4v) is 5.23. The van der Waals surface area contributed by atoms with Gasteiger partial charge in [-0.25, -0.2) is 14.6 Å². The van der Waals surface area contributed by atoms with Gasteiger partial charge in [0.15, 0.2) is 5.69 Å². The molecule has 0 radical (unpaired) electrons. The van der Waals surface area contributed by atoms with Crippen molar-refractivity contribution in [3.63, 3.8) is 0 Å². The number of carbonyl (C=O) groups excluding carboxylic acids is 1. The van der Waals surface area contributed by atoms with E-state index in [2.05, 4.69) is 36.6 Å². The number of anilines is 1. The number of hydrogen-bond acceptors (Lipinski definition) is 7. The Labute approximate surface area is 208 Å². The summed E-state index contributed by atoms with van der Waals surface area (Å²) in [6.07, 6.45) is 9.47. The minimum atomic E-state index is -0.253. The molecule has 10 heteroatoms. The van der Waals surface area contributed by atoms with E-state index in [-0.39, 0.29) is 29.6 Å². The van der Waals surface area contributed by atoms with Gasteiger partial charge in [0, 0.05) is 47.5 Å². The van der Waals surface area contributed by atoms with E-state index in [9.17, 15) is 10.1 Å². The van der Waals surface area contributed by atoms with Crippen LogP contribution in [0.15, 0.2) is 36.8 Å². The molecule has 3 aromatic rings. The number of halogens is 1. The molecule has 2 aliphatic carbocycles. The molecule has 3 fully saturated rings. The molecular formula is C25H25ClN8O. The van der Waals surface area contributed by atoms with Gasteiger partial charge in [-0.05, 0) is 62.3 Å². The molecule has 0 bridgehead atoms. The molecule has 2 saturated carbocycles. The highest BCUT2D eigenvalue weighted by atomic mass is 35.5. The van der Waals surface area contributed by atoms with Crippen molar-refractivity contribution >= 4 is 23.5 Å². The highest BCUT2D eigenvalue weighted by molar-refractivity contribution is 6.30. The lowest BCUT2D eigenvalue weighted by atomic mass is 9.74. The first-order chi connectivity index (χ1) is 16.9. The van der Waals surface area contributed by atoms with Crippen LogP contribution in [0.4, 0.5) is 5.95 Å². The van der Waals surface area contributed by atoms with Gasteiger partial charge in [0.25, 0.3) is 5.91 Å². The third-order valence-electron chi connectivity index (χ3n) is 7.62. The fraction of sp³-hybridized carbons (Fsp3) is 0.440. The van der Waals surface area contributed by atoms with Gasteiger partial charge < -0.3 is 10.2 Å². The van der Waals surface area contributed by atoms with Gasteiger partial charge >= 0.3 is 0 Å². The second-order valence-electron chi connectivity index (χ2n) is 10.1. The van der Waals surface area contributed by atoms with Crippen LogP contribution in [-0.2, 0) is 0 Å². The Morgan fingerprint density at radius 1 is 1.26 bits per heavy atom. The molecule has 178 valence electrons. The molecule has 35 heavy (non-hydrogen) atoms. The Bertz CT molecular complexity index is 1310. The number of benzene rings is 1. The Balaban J connectivity index is 1.04. The summed E-state index contributed by atoms with van der Waals surface area (Å²) < 4.78 is 1.66. The summed E-state index contributed by atoms with van der Waals surface area (Å²) in [6, 6.07) is 7.42. The molecule has 9 nitrogen and oxygen atoms in total. The van der Waals surface area contributed by atoms with Gasteiger partial charge in [-0.1, -0.05) is 16.8 Å². The molecule has 3 aliphatic rings. The lowest BCUT2D eigenvalue weighted by molar-refractivity contribution is 0.0903. The molecule has 0 unspecified atom stereocenters. The second-order valence-corrected chi connectivity index (χ2v) is 10.6. The van der Waals surface area contributed by atoms with Crippen LogP contribution >= 0.6 is 11.6 Å². The molecule has 1 aliphatic heterocycles. The van der Waals surface area contributed by atoms with Crippen molar-refractivity contribution in [1.29, 1.82) is 5.26 Å². The first-order valence-electron chi connectivity index (χ1n) is 11.9. The first kappa shape index (κ1) is 22.0. The van der Waals surface area contributed by atoms with Crippen LogP contribution in [0, 0.1) is 16.7 Å². The van der Waals surface area contributed by atoms with Crippen molar-refractivity contribution in [2.45, 2.75) is 50.6 Å². The lowest BCUT2D eigenvalue weighted by Crippen LogP contribution is -2.49. The minimum Gasteiger partial charge on any atom is -0.348 e. The van der Waals surface area contributed by atoms with Gasteiger partial charge in [0.05, 0.1) is 23.9 Å². The number of rotatable bonds is 6. The molecule has 1 saturated heterocycles. The average molecular weight is 489 g/mol. The number of nitrogens with one attached hydrogen (secondary N) is 1. The molecule has 1 N–H and O–H groups in total. The summed E-state index contributed by atoms with van der Waals surface area (Å²) in [5.74, 6) is 0.728. The van der Waals surface area contributed by atoms with Crippen LogP contribution in [0.2, 0.25) is 5.02 Å². The van der Waals surface area contributed by atoms with Crippen LogP contribution in [0.3, 0.4) is 0 Å². The summed E-state index contributed by atoms with van der Waals surface area (Å²) in [7, 11) is 0. The van der Waals surface area contributed by atoms with Crippen molar-refractivity contribution in [1.82, 2.24) is 30.3 Å². The van der Waals surface area contributed by atoms with E-state index in [0.29, 0.717) is 16.0 Å². The minimum absolute atomic E-state index is 0.0258. The maximum atomic E-state index is 12.7. The largest absolute Gasteiger partial charge is 0.348 e. The SMILES string of the molecule is C[C@H](c1cnc(N2CC3(CC3)C2)nc1)n1cc(C(=O)N[C@H]2C[C@@H](c3cc(Cl)ccc3C#N)C2)nn1. The van der Waals surface area contributed by atoms with E-state index in [1.807, 2.05) is 25.4 Å². The Morgan fingerprint density at radius 3 is 2.69 bits per heavy atom. The zero-order valence-corrected chi connectivity index (χ0v) is 20.1. The van der Waals surface area contributed by atoms with Crippen molar-refractivity contribution in [3.05, 3.63) is 64.2 Å². The third kappa shape index (κ3) is 4.12. The smallest absolute Gasteiger partial charge is 0.273 e. The monoisotopic (exact) mass is 488 g/mol. The maximum Gasteiger partial charge on any atom is 0.273 e. The van der Waals surface area contributed by atoms with E-state index >= 15 is 0 Å². The summed E-state index contributed by atoms with van der Waals surface area (Å²) >= 11 is 6.11. The topological polar surface area (TPSA) is 113 Å². The molecule has 6 rings (SSSR count). The maximum absolute atomic E-state index is 12.7. The summed E-state index contributed by atoms with van der Waals surface area (Å²) in [6.45, 7) is 4.10. The van der Waals surface area contributed by atoms with Gasteiger partial charge in [-0.3, -0.25) is 4.79 Å². The second kappa shape index (κ2) is 8.31. The van der Waals surface area contributed by atoms with Gasteiger partial charge in [0.1, 0.15) is 0 Å². The van der Waals surface area contributed by atoms with Crippen molar-refractivity contribution < 1.29 is 4.79 Å². The molecule has 1 atom stereocenters. The van der Waals surface area contributed by atoms with Gasteiger partial charge in [0.2, 0.25) is 5.95 Å². The highest BCUT2D eigenvalue weighted by Gasteiger charge is 2.53. The Hall–Kier alpha value is -3.51. The molecule has 3 heterocycles. The number of carbonyl (C=O) groups is 1. The van der Waals surface area contributed by atoms with Crippen molar-refractivity contribution in [2.75, 3.05) is 18.0 Å².